The van der Waals surface area contributed by atoms with Crippen molar-refractivity contribution < 1.29 is 17.5 Å². The van der Waals surface area contributed by atoms with Gasteiger partial charge in [0.25, 0.3) is 0 Å². The number of benzene rings is 2. The maximum absolute atomic E-state index is 13.8. The zero-order valence-electron chi connectivity index (χ0n) is 17.4. The molecule has 0 N–H and O–H groups in total. The van der Waals surface area contributed by atoms with Crippen molar-refractivity contribution in [3.8, 4) is 5.75 Å². The smallest absolute Gasteiger partial charge is 0.218 e. The van der Waals surface area contributed by atoms with E-state index in [2.05, 4.69) is 4.90 Å². The zero-order chi connectivity index (χ0) is 21.8. The fourth-order valence-corrected chi connectivity index (χ4v) is 6.14. The summed E-state index contributed by atoms with van der Waals surface area (Å²) in [6.07, 6.45) is 3.39. The second kappa shape index (κ2) is 9.86. The molecule has 0 atom stereocenters. The van der Waals surface area contributed by atoms with Gasteiger partial charge in [0.15, 0.2) is 11.6 Å². The molecule has 0 saturated carbocycles. The van der Waals surface area contributed by atoms with Gasteiger partial charge in [0.2, 0.25) is 10.0 Å². The fourth-order valence-electron chi connectivity index (χ4n) is 4.45. The van der Waals surface area contributed by atoms with E-state index in [0.29, 0.717) is 29.9 Å². The molecule has 0 amide bonds. The molecule has 0 unspecified atom stereocenters. The molecule has 0 aliphatic carbocycles. The van der Waals surface area contributed by atoms with E-state index >= 15 is 0 Å². The third-order valence-electron chi connectivity index (χ3n) is 6.20. The molecule has 2 fully saturated rings. The monoisotopic (exact) mass is 466 g/mol. The van der Waals surface area contributed by atoms with Crippen LogP contribution in [0.3, 0.4) is 0 Å². The lowest BCUT2D eigenvalue weighted by molar-refractivity contribution is 0.0567. The van der Waals surface area contributed by atoms with Crippen LogP contribution in [0.2, 0.25) is 5.02 Å². The van der Waals surface area contributed by atoms with E-state index in [1.54, 1.807) is 46.8 Å². The largest absolute Gasteiger partial charge is 0.487 e. The Morgan fingerprint density at radius 3 is 2.23 bits per heavy atom. The summed E-state index contributed by atoms with van der Waals surface area (Å²) < 4.78 is 46.9. The van der Waals surface area contributed by atoms with E-state index in [4.69, 9.17) is 16.3 Å². The van der Waals surface area contributed by atoms with Crippen molar-refractivity contribution in [2.24, 2.45) is 0 Å². The highest BCUT2D eigenvalue weighted by atomic mass is 35.5. The third kappa shape index (κ3) is 5.77. The standard InChI is InChI=1S/C23H28ClFN2O3S/c24-19-7-5-18(6-8-19)17-31(28,29)27-15-9-20(10-16-27)26-13-11-21(12-14-26)30-23-4-2-1-3-22(23)25/h1-8,20-21H,9-17H2. The van der Waals surface area contributed by atoms with Crippen LogP contribution in [-0.2, 0) is 15.8 Å². The second-order valence-electron chi connectivity index (χ2n) is 8.30. The molecule has 4 rings (SSSR count). The highest BCUT2D eigenvalue weighted by Crippen LogP contribution is 2.26. The van der Waals surface area contributed by atoms with Crippen LogP contribution < -0.4 is 4.74 Å². The van der Waals surface area contributed by atoms with E-state index in [1.807, 2.05) is 0 Å². The van der Waals surface area contributed by atoms with Crippen molar-refractivity contribution in [1.82, 2.24) is 9.21 Å². The second-order valence-corrected chi connectivity index (χ2v) is 10.7. The molecule has 2 saturated heterocycles. The number of para-hydroxylation sites is 1. The van der Waals surface area contributed by atoms with Gasteiger partial charge in [-0.2, -0.15) is 0 Å². The molecule has 0 radical (unpaired) electrons. The number of sulfonamides is 1. The predicted molar refractivity (Wildman–Crippen MR) is 120 cm³/mol. The minimum absolute atomic E-state index is 0.00755. The fraction of sp³-hybridized carbons (Fsp3) is 0.478. The molecule has 0 bridgehead atoms. The number of nitrogens with zero attached hydrogens (tertiary/aromatic N) is 2. The normalized spacial score (nSPS) is 20.1. The van der Waals surface area contributed by atoms with E-state index in [9.17, 15) is 12.8 Å². The van der Waals surface area contributed by atoms with Gasteiger partial charge in [-0.1, -0.05) is 35.9 Å². The molecule has 168 valence electrons. The van der Waals surface area contributed by atoms with E-state index < -0.39 is 10.0 Å². The summed E-state index contributed by atoms with van der Waals surface area (Å²) in [7, 11) is -3.33. The van der Waals surface area contributed by atoms with Crippen LogP contribution in [0.5, 0.6) is 5.75 Å². The number of halogens is 2. The molecule has 0 aromatic heterocycles. The van der Waals surface area contributed by atoms with Crippen LogP contribution in [0, 0.1) is 5.82 Å². The number of rotatable bonds is 6. The van der Waals surface area contributed by atoms with Crippen LogP contribution in [0.25, 0.3) is 0 Å². The SMILES string of the molecule is O=S(=O)(Cc1ccc(Cl)cc1)N1CCC(N2CCC(Oc3ccccc3F)CC2)CC1. The first-order chi connectivity index (χ1) is 14.9. The zero-order valence-corrected chi connectivity index (χ0v) is 19.0. The topological polar surface area (TPSA) is 49.9 Å². The van der Waals surface area contributed by atoms with Gasteiger partial charge < -0.3 is 9.64 Å². The lowest BCUT2D eigenvalue weighted by Gasteiger charge is -2.41. The Morgan fingerprint density at radius 1 is 0.935 bits per heavy atom. The summed E-state index contributed by atoms with van der Waals surface area (Å²) in [6, 6.07) is 13.9. The van der Waals surface area contributed by atoms with Gasteiger partial charge in [-0.3, -0.25) is 0 Å². The molecule has 2 aliphatic rings. The number of likely N-dealkylation sites (tertiary alicyclic amines) is 1. The van der Waals surface area contributed by atoms with Crippen LogP contribution in [0.1, 0.15) is 31.2 Å². The molecule has 2 aromatic rings. The average Bonchev–Trinajstić information content (AvgIpc) is 2.77. The summed E-state index contributed by atoms with van der Waals surface area (Å²) in [5, 5.41) is 0.602. The summed E-state index contributed by atoms with van der Waals surface area (Å²) >= 11 is 5.89. The maximum Gasteiger partial charge on any atom is 0.218 e. The van der Waals surface area contributed by atoms with E-state index in [-0.39, 0.29) is 17.7 Å². The van der Waals surface area contributed by atoms with Crippen molar-refractivity contribution in [1.29, 1.82) is 0 Å². The highest BCUT2D eigenvalue weighted by Gasteiger charge is 2.32. The van der Waals surface area contributed by atoms with Crippen molar-refractivity contribution in [2.75, 3.05) is 26.2 Å². The summed E-state index contributed by atoms with van der Waals surface area (Å²) in [4.78, 5) is 2.43. The van der Waals surface area contributed by atoms with Gasteiger partial charge in [-0.15, -0.1) is 0 Å². The lowest BCUT2D eigenvalue weighted by Crippen LogP contribution is -2.50. The first-order valence-electron chi connectivity index (χ1n) is 10.8. The number of piperidine rings is 2. The first kappa shape index (κ1) is 22.5. The number of hydrogen-bond donors (Lipinski definition) is 0. The lowest BCUT2D eigenvalue weighted by atomic mass is 10.00. The van der Waals surface area contributed by atoms with Crippen LogP contribution >= 0.6 is 11.6 Å². The van der Waals surface area contributed by atoms with Gasteiger partial charge in [0.05, 0.1) is 5.75 Å². The summed E-state index contributed by atoms with van der Waals surface area (Å²) in [5.74, 6) is 0.00502. The molecular weight excluding hydrogens is 439 g/mol. The molecule has 2 aliphatic heterocycles. The van der Waals surface area contributed by atoms with Crippen LogP contribution in [0.15, 0.2) is 48.5 Å². The Balaban J connectivity index is 1.25. The van der Waals surface area contributed by atoms with E-state index in [0.717, 1.165) is 44.3 Å². The van der Waals surface area contributed by atoms with Gasteiger partial charge in [0.1, 0.15) is 6.10 Å². The molecule has 5 nitrogen and oxygen atoms in total. The Kier molecular flexibility index (Phi) is 7.16. The summed E-state index contributed by atoms with van der Waals surface area (Å²) in [6.45, 7) is 2.88. The molecular formula is C23H28ClFN2O3S. The highest BCUT2D eigenvalue weighted by molar-refractivity contribution is 7.88. The minimum atomic E-state index is -3.33. The number of ether oxygens (including phenoxy) is 1. The van der Waals surface area contributed by atoms with Gasteiger partial charge in [0, 0.05) is 37.2 Å². The average molecular weight is 467 g/mol. The van der Waals surface area contributed by atoms with E-state index in [1.165, 1.54) is 6.07 Å². The van der Waals surface area contributed by atoms with Crippen molar-refractivity contribution >= 4 is 21.6 Å². The first-order valence-corrected chi connectivity index (χ1v) is 12.8. The van der Waals surface area contributed by atoms with Gasteiger partial charge in [-0.05, 0) is 55.5 Å². The maximum atomic E-state index is 13.8. The number of hydrogen-bond acceptors (Lipinski definition) is 4. The Bertz CT molecular complexity index is 971. The Morgan fingerprint density at radius 2 is 1.58 bits per heavy atom. The predicted octanol–water partition coefficient (Wildman–Crippen LogP) is 4.32. The van der Waals surface area contributed by atoms with Crippen LogP contribution in [0.4, 0.5) is 4.39 Å². The molecule has 8 heteroatoms. The van der Waals surface area contributed by atoms with Crippen molar-refractivity contribution in [3.05, 3.63) is 64.9 Å². The Hall–Kier alpha value is -1.67. The Labute approximate surface area is 188 Å². The van der Waals surface area contributed by atoms with Gasteiger partial charge >= 0.3 is 0 Å². The summed E-state index contributed by atoms with van der Waals surface area (Å²) in [5.41, 5.74) is 0.753. The van der Waals surface area contributed by atoms with Gasteiger partial charge in [-0.25, -0.2) is 17.1 Å². The third-order valence-corrected chi connectivity index (χ3v) is 8.30. The van der Waals surface area contributed by atoms with Crippen molar-refractivity contribution in [3.63, 3.8) is 0 Å². The molecule has 2 heterocycles. The van der Waals surface area contributed by atoms with Crippen molar-refractivity contribution in [2.45, 2.75) is 43.6 Å². The molecule has 0 spiro atoms. The molecule has 31 heavy (non-hydrogen) atoms. The minimum Gasteiger partial charge on any atom is -0.487 e. The van der Waals surface area contributed by atoms with Crippen LogP contribution in [-0.4, -0.2) is 55.9 Å². The quantitative estimate of drug-likeness (QED) is 0.636. The molecule has 2 aromatic carbocycles.